The molecule has 1 aromatic rings. The van der Waals surface area contributed by atoms with Gasteiger partial charge in [0.15, 0.2) is 0 Å². The maximum Gasteiger partial charge on any atom is 0.107 e. The maximum absolute atomic E-state index is 10.4. The molecule has 0 saturated heterocycles. The van der Waals surface area contributed by atoms with E-state index in [1.54, 1.807) is 0 Å². The Morgan fingerprint density at radius 3 is 2.09 bits per heavy atom. The van der Waals surface area contributed by atoms with Crippen LogP contribution in [0, 0.1) is 0 Å². The van der Waals surface area contributed by atoms with Crippen LogP contribution in [0.15, 0.2) is 24.3 Å². The number of nitrogens with zero attached hydrogens (tertiary/aromatic N) is 1. The van der Waals surface area contributed by atoms with Gasteiger partial charge in [-0.3, -0.25) is 0 Å². The molecule has 0 unspecified atom stereocenters. The van der Waals surface area contributed by atoms with Crippen molar-refractivity contribution >= 4 is 5.69 Å². The van der Waals surface area contributed by atoms with E-state index >= 15 is 0 Å². The monoisotopic (exact) mass is 150 g/mol. The predicted octanol–water partition coefficient (Wildman–Crippen LogP) is 1.68. The van der Waals surface area contributed by atoms with Crippen LogP contribution in [0.3, 0.4) is 0 Å². The van der Waals surface area contributed by atoms with Crippen molar-refractivity contribution in [1.29, 1.82) is 0 Å². The summed E-state index contributed by atoms with van der Waals surface area (Å²) in [5, 5.41) is 10.4. The average Bonchev–Trinajstić information content (AvgIpc) is 2.05. The first kappa shape index (κ1) is 8.08. The maximum atomic E-state index is 10.4. The fraction of sp³-hybridized carbons (Fsp3) is 0.333. The van der Waals surface area contributed by atoms with Crippen molar-refractivity contribution < 1.29 is 5.11 Å². The Balaban J connectivity index is 2.83. The summed E-state index contributed by atoms with van der Waals surface area (Å²) in [6, 6.07) is 7.63. The van der Waals surface area contributed by atoms with Gasteiger partial charge in [0, 0.05) is 19.8 Å². The van der Waals surface area contributed by atoms with Crippen molar-refractivity contribution in [1.82, 2.24) is 0 Å². The largest absolute Gasteiger partial charge is 0.378 e. The van der Waals surface area contributed by atoms with E-state index in [0.29, 0.717) is 0 Å². The zero-order valence-electron chi connectivity index (χ0n) is 6.87. The van der Waals surface area contributed by atoms with Gasteiger partial charge in [-0.05, 0) is 17.7 Å². The summed E-state index contributed by atoms with van der Waals surface area (Å²) in [6.45, 7) is -0.131. The molecule has 1 rings (SSSR count). The summed E-state index contributed by atoms with van der Waals surface area (Å²) in [5.41, 5.74) is 1.97. The van der Waals surface area contributed by atoms with Crippen molar-refractivity contribution in [3.8, 4) is 0 Å². The minimum atomic E-state index is -0.131. The van der Waals surface area contributed by atoms with Crippen molar-refractivity contribution in [2.75, 3.05) is 19.0 Å². The quantitative estimate of drug-likeness (QED) is 0.629. The van der Waals surface area contributed by atoms with Gasteiger partial charge in [0.05, 0.1) is 0 Å². The molecular weight excluding hydrogens is 138 g/mol. The Hall–Kier alpha value is -1.02. The Kier molecular flexibility index (Phi) is 2.49. The zero-order chi connectivity index (χ0) is 8.27. The zero-order valence-corrected chi connectivity index (χ0v) is 6.87. The fourth-order valence-electron chi connectivity index (χ4n) is 0.890. The van der Waals surface area contributed by atoms with Crippen molar-refractivity contribution in [2.24, 2.45) is 0 Å². The van der Waals surface area contributed by atoms with Gasteiger partial charge in [-0.15, -0.1) is 0 Å². The van der Waals surface area contributed by atoms with Gasteiger partial charge < -0.3 is 4.90 Å². The van der Waals surface area contributed by atoms with Crippen LogP contribution in [-0.4, -0.2) is 14.1 Å². The first-order chi connectivity index (χ1) is 5.24. The Labute approximate surface area is 67.1 Å². The molecule has 0 spiro atoms. The molecule has 1 radical (unpaired) electrons. The Bertz CT molecular complexity index is 216. The minimum Gasteiger partial charge on any atom is -0.378 e. The first-order valence-electron chi connectivity index (χ1n) is 3.58. The van der Waals surface area contributed by atoms with Crippen LogP contribution in [0.4, 0.5) is 5.69 Å². The normalized spacial score (nSPS) is 9.73. The number of hydrogen-bond donors (Lipinski definition) is 0. The molecular formula is C9H12NO. The van der Waals surface area contributed by atoms with E-state index in [1.165, 1.54) is 0 Å². The number of rotatable bonds is 2. The summed E-state index contributed by atoms with van der Waals surface area (Å²) in [5.74, 6) is 0. The highest BCUT2D eigenvalue weighted by Crippen LogP contribution is 2.11. The molecule has 0 aromatic heterocycles. The van der Waals surface area contributed by atoms with E-state index in [4.69, 9.17) is 0 Å². The molecule has 59 valence electrons. The molecule has 0 aliphatic rings. The van der Waals surface area contributed by atoms with Crippen LogP contribution in [0.5, 0.6) is 0 Å². The van der Waals surface area contributed by atoms with Gasteiger partial charge in [0.2, 0.25) is 0 Å². The van der Waals surface area contributed by atoms with E-state index in [-0.39, 0.29) is 6.61 Å². The molecule has 0 atom stereocenters. The second-order valence-corrected chi connectivity index (χ2v) is 2.71. The summed E-state index contributed by atoms with van der Waals surface area (Å²) in [6.07, 6.45) is 0. The van der Waals surface area contributed by atoms with E-state index in [2.05, 4.69) is 0 Å². The molecule has 0 aliphatic carbocycles. The molecule has 0 fully saturated rings. The van der Waals surface area contributed by atoms with E-state index in [0.717, 1.165) is 11.3 Å². The van der Waals surface area contributed by atoms with Crippen LogP contribution in [0.25, 0.3) is 0 Å². The lowest BCUT2D eigenvalue weighted by atomic mass is 10.2. The second kappa shape index (κ2) is 3.39. The molecule has 1 aromatic carbocycles. The van der Waals surface area contributed by atoms with Crippen LogP contribution < -0.4 is 4.90 Å². The molecule has 0 aliphatic heterocycles. The highest BCUT2D eigenvalue weighted by molar-refractivity contribution is 5.45. The first-order valence-corrected chi connectivity index (χ1v) is 3.58. The third kappa shape index (κ3) is 1.95. The number of benzene rings is 1. The highest BCUT2D eigenvalue weighted by atomic mass is 16.3. The minimum absolute atomic E-state index is 0.131. The topological polar surface area (TPSA) is 23.1 Å². The van der Waals surface area contributed by atoms with Crippen LogP contribution in [-0.2, 0) is 11.7 Å². The molecule has 0 amide bonds. The highest BCUT2D eigenvalue weighted by Gasteiger charge is 1.93. The standard InChI is InChI=1S/C9H12NO/c1-10(2)9-5-3-8(7-11)4-6-9/h3-6H,7H2,1-2H3. The van der Waals surface area contributed by atoms with Gasteiger partial charge in [0.25, 0.3) is 0 Å². The second-order valence-electron chi connectivity index (χ2n) is 2.71. The molecule has 0 bridgehead atoms. The van der Waals surface area contributed by atoms with Crippen molar-refractivity contribution in [3.05, 3.63) is 29.8 Å². The van der Waals surface area contributed by atoms with Gasteiger partial charge in [0.1, 0.15) is 6.61 Å². The van der Waals surface area contributed by atoms with Gasteiger partial charge >= 0.3 is 0 Å². The fourth-order valence-corrected chi connectivity index (χ4v) is 0.890. The molecule has 0 heterocycles. The molecule has 0 N–H and O–H groups in total. The van der Waals surface area contributed by atoms with E-state index in [9.17, 15) is 5.11 Å². The molecule has 2 nitrogen and oxygen atoms in total. The van der Waals surface area contributed by atoms with E-state index in [1.807, 2.05) is 43.3 Å². The predicted molar refractivity (Wildman–Crippen MR) is 45.2 cm³/mol. The van der Waals surface area contributed by atoms with Crippen molar-refractivity contribution in [2.45, 2.75) is 6.61 Å². The lowest BCUT2D eigenvalue weighted by Gasteiger charge is -2.11. The van der Waals surface area contributed by atoms with Crippen LogP contribution in [0.1, 0.15) is 5.56 Å². The van der Waals surface area contributed by atoms with Gasteiger partial charge in [-0.2, -0.15) is 0 Å². The lowest BCUT2D eigenvalue weighted by Crippen LogP contribution is -2.08. The van der Waals surface area contributed by atoms with Gasteiger partial charge in [-0.25, -0.2) is 5.11 Å². The summed E-state index contributed by atoms with van der Waals surface area (Å²) < 4.78 is 0. The molecule has 11 heavy (non-hydrogen) atoms. The van der Waals surface area contributed by atoms with Crippen LogP contribution >= 0.6 is 0 Å². The Morgan fingerprint density at radius 2 is 1.73 bits per heavy atom. The average molecular weight is 150 g/mol. The van der Waals surface area contributed by atoms with Gasteiger partial charge in [-0.1, -0.05) is 12.1 Å². The summed E-state index contributed by atoms with van der Waals surface area (Å²) in [7, 11) is 3.96. The van der Waals surface area contributed by atoms with Crippen molar-refractivity contribution in [3.63, 3.8) is 0 Å². The smallest absolute Gasteiger partial charge is 0.107 e. The third-order valence-electron chi connectivity index (χ3n) is 1.62. The van der Waals surface area contributed by atoms with Crippen LogP contribution in [0.2, 0.25) is 0 Å². The Morgan fingerprint density at radius 1 is 1.18 bits per heavy atom. The molecule has 2 heteroatoms. The summed E-state index contributed by atoms with van der Waals surface area (Å²) >= 11 is 0. The number of hydrogen-bond acceptors (Lipinski definition) is 1. The molecule has 0 saturated carbocycles. The number of anilines is 1. The summed E-state index contributed by atoms with van der Waals surface area (Å²) in [4.78, 5) is 2.01. The third-order valence-corrected chi connectivity index (χ3v) is 1.62. The lowest BCUT2D eigenvalue weighted by molar-refractivity contribution is 0.177. The van der Waals surface area contributed by atoms with E-state index < -0.39 is 0 Å². The SMILES string of the molecule is CN(C)c1ccc(C[O])cc1.